The van der Waals surface area contributed by atoms with Crippen LogP contribution in [-0.2, 0) is 16.1 Å². The number of halogens is 1. The number of esters is 1. The van der Waals surface area contributed by atoms with E-state index in [-0.39, 0.29) is 17.8 Å². The van der Waals surface area contributed by atoms with E-state index in [0.717, 1.165) is 75.7 Å². The Bertz CT molecular complexity index is 1310. The number of methoxy groups -OCH3 is 1. The maximum Gasteiger partial charge on any atom is 0.309 e. The first kappa shape index (κ1) is 27.2. The maximum atomic E-state index is 12.1. The van der Waals surface area contributed by atoms with E-state index < -0.39 is 0 Å². The molecular weight excluding hydrogens is 548 g/mol. The van der Waals surface area contributed by atoms with Crippen LogP contribution in [0.1, 0.15) is 49.8 Å². The van der Waals surface area contributed by atoms with Crippen LogP contribution in [-0.4, -0.2) is 31.2 Å². The fourth-order valence-corrected chi connectivity index (χ4v) is 5.78. The summed E-state index contributed by atoms with van der Waals surface area (Å²) in [4.78, 5) is 19.3. The molecule has 2 unspecified atom stereocenters. The Labute approximate surface area is 232 Å². The number of carbonyl (C=O) groups excluding carboxylic acids is 1. The van der Waals surface area contributed by atoms with Gasteiger partial charge < -0.3 is 14.4 Å². The number of piperidine rings is 1. The fraction of sp³-hybridized carbons (Fsp3) is 0.400. The quantitative estimate of drug-likeness (QED) is 0.217. The zero-order chi connectivity index (χ0) is 26.4. The number of ether oxygens (including phenoxy) is 2. The third-order valence-corrected chi connectivity index (χ3v) is 8.03. The van der Waals surface area contributed by atoms with Gasteiger partial charge in [-0.15, -0.1) is 11.3 Å². The molecule has 5 nitrogen and oxygen atoms in total. The highest BCUT2D eigenvalue weighted by Gasteiger charge is 2.33. The van der Waals surface area contributed by atoms with Gasteiger partial charge in [-0.05, 0) is 49.9 Å². The van der Waals surface area contributed by atoms with Gasteiger partial charge >= 0.3 is 5.97 Å². The zero-order valence-electron chi connectivity index (χ0n) is 21.8. The Kier molecular flexibility index (Phi) is 9.28. The number of unbranched alkanes of at least 4 members (excludes halogenated alkanes) is 1. The number of rotatable bonds is 7. The number of hydrogen-bond acceptors (Lipinski definition) is 6. The van der Waals surface area contributed by atoms with E-state index in [9.17, 15) is 4.79 Å². The molecule has 0 amide bonds. The van der Waals surface area contributed by atoms with Crippen LogP contribution in [0.3, 0.4) is 0 Å². The van der Waals surface area contributed by atoms with Gasteiger partial charge in [0.05, 0.1) is 18.7 Å². The Hall–Kier alpha value is -2.82. The molecule has 1 aliphatic rings. The van der Waals surface area contributed by atoms with E-state index in [0.29, 0.717) is 6.61 Å². The second kappa shape index (κ2) is 12.6. The smallest absolute Gasteiger partial charge is 0.309 e. The Balaban J connectivity index is 1.53. The second-order valence-electron chi connectivity index (χ2n) is 9.50. The fourth-order valence-electron chi connectivity index (χ4n) is 4.55. The maximum absolute atomic E-state index is 12.1. The highest BCUT2D eigenvalue weighted by Crippen LogP contribution is 2.36. The molecule has 2 aromatic carbocycles. The van der Waals surface area contributed by atoms with Crippen molar-refractivity contribution in [3.63, 3.8) is 0 Å². The molecule has 0 saturated carbocycles. The summed E-state index contributed by atoms with van der Waals surface area (Å²) < 4.78 is 12.4. The Morgan fingerprint density at radius 1 is 1.27 bits per heavy atom. The van der Waals surface area contributed by atoms with Crippen LogP contribution in [0, 0.1) is 30.6 Å². The van der Waals surface area contributed by atoms with E-state index in [4.69, 9.17) is 14.5 Å². The van der Waals surface area contributed by atoms with Gasteiger partial charge in [-0.1, -0.05) is 59.3 Å². The van der Waals surface area contributed by atoms with E-state index in [1.54, 1.807) is 11.3 Å². The van der Waals surface area contributed by atoms with Crippen molar-refractivity contribution in [2.24, 2.45) is 11.8 Å². The molecule has 0 bridgehead atoms. The second-order valence-corrected chi connectivity index (χ2v) is 11.3. The minimum atomic E-state index is -0.112. The van der Waals surface area contributed by atoms with Crippen LogP contribution in [0.25, 0.3) is 11.3 Å². The minimum Gasteiger partial charge on any atom is -0.488 e. The van der Waals surface area contributed by atoms with E-state index in [2.05, 4.69) is 83.1 Å². The Morgan fingerprint density at radius 3 is 2.86 bits per heavy atom. The van der Waals surface area contributed by atoms with E-state index in [1.165, 1.54) is 7.11 Å². The Morgan fingerprint density at radius 2 is 2.11 bits per heavy atom. The summed E-state index contributed by atoms with van der Waals surface area (Å²) in [7, 11) is 1.47. The van der Waals surface area contributed by atoms with Crippen molar-refractivity contribution in [3.05, 3.63) is 62.9 Å². The predicted octanol–water partition coefficient (Wildman–Crippen LogP) is 7.25. The summed E-state index contributed by atoms with van der Waals surface area (Å²) >= 11 is 5.19. The molecule has 7 heteroatoms. The first-order chi connectivity index (χ1) is 17.9. The van der Waals surface area contributed by atoms with Crippen LogP contribution < -0.4 is 9.64 Å². The minimum absolute atomic E-state index is 0.0485. The number of anilines is 1. The van der Waals surface area contributed by atoms with Gasteiger partial charge in [0.1, 0.15) is 12.4 Å². The monoisotopic (exact) mass is 580 g/mol. The average molecular weight is 582 g/mol. The molecule has 1 aliphatic heterocycles. The van der Waals surface area contributed by atoms with Gasteiger partial charge in [0.25, 0.3) is 0 Å². The molecule has 37 heavy (non-hydrogen) atoms. The summed E-state index contributed by atoms with van der Waals surface area (Å²) in [5.74, 6) is 7.40. The molecular formula is C30H33BrN2O3S. The molecule has 0 aliphatic carbocycles. The van der Waals surface area contributed by atoms with E-state index >= 15 is 0 Å². The van der Waals surface area contributed by atoms with Crippen LogP contribution in [0.15, 0.2) is 46.3 Å². The van der Waals surface area contributed by atoms with Crippen molar-refractivity contribution in [2.45, 2.75) is 46.6 Å². The lowest BCUT2D eigenvalue weighted by molar-refractivity contribution is -0.147. The number of thiazole rings is 1. The average Bonchev–Trinajstić information content (AvgIpc) is 3.39. The van der Waals surface area contributed by atoms with Crippen molar-refractivity contribution in [2.75, 3.05) is 25.1 Å². The van der Waals surface area contributed by atoms with Crippen LogP contribution in [0.2, 0.25) is 0 Å². The summed E-state index contributed by atoms with van der Waals surface area (Å²) in [6, 6.07) is 12.4. The lowest BCUT2D eigenvalue weighted by Gasteiger charge is -2.35. The lowest BCUT2D eigenvalue weighted by atomic mass is 9.87. The lowest BCUT2D eigenvalue weighted by Crippen LogP contribution is -2.42. The first-order valence-corrected chi connectivity index (χ1v) is 14.4. The summed E-state index contributed by atoms with van der Waals surface area (Å²) in [6.07, 6.45) is 2.69. The topological polar surface area (TPSA) is 51.7 Å². The van der Waals surface area contributed by atoms with Crippen molar-refractivity contribution < 1.29 is 14.3 Å². The van der Waals surface area contributed by atoms with E-state index in [1.807, 2.05) is 12.1 Å². The van der Waals surface area contributed by atoms with Crippen LogP contribution in [0.4, 0.5) is 5.13 Å². The van der Waals surface area contributed by atoms with Crippen molar-refractivity contribution in [1.82, 2.24) is 4.98 Å². The number of aryl methyl sites for hydroxylation is 1. The predicted molar refractivity (Wildman–Crippen MR) is 154 cm³/mol. The number of carbonyl (C=O) groups is 1. The summed E-state index contributed by atoms with van der Waals surface area (Å²) in [6.45, 7) is 8.32. The zero-order valence-corrected chi connectivity index (χ0v) is 24.2. The highest BCUT2D eigenvalue weighted by molar-refractivity contribution is 9.10. The van der Waals surface area contributed by atoms with Gasteiger partial charge in [-0.2, -0.15) is 0 Å². The summed E-state index contributed by atoms with van der Waals surface area (Å²) in [5.41, 5.74) is 5.08. The van der Waals surface area contributed by atoms with Gasteiger partial charge in [0.15, 0.2) is 5.13 Å². The molecule has 1 aromatic heterocycles. The third kappa shape index (κ3) is 6.74. The van der Waals surface area contributed by atoms with Gasteiger partial charge in [0.2, 0.25) is 0 Å². The van der Waals surface area contributed by atoms with Crippen molar-refractivity contribution in [3.8, 4) is 28.8 Å². The highest BCUT2D eigenvalue weighted by atomic mass is 79.9. The third-order valence-electron chi connectivity index (χ3n) is 6.64. The number of nitrogens with zero attached hydrogens (tertiary/aromatic N) is 2. The van der Waals surface area contributed by atoms with Crippen LogP contribution in [0.5, 0.6) is 5.75 Å². The molecule has 4 rings (SSSR count). The molecule has 0 spiro atoms. The molecule has 2 atom stereocenters. The molecule has 1 fully saturated rings. The molecule has 194 valence electrons. The van der Waals surface area contributed by atoms with Crippen molar-refractivity contribution in [1.29, 1.82) is 0 Å². The number of aromatic nitrogens is 1. The number of hydrogen-bond donors (Lipinski definition) is 0. The van der Waals surface area contributed by atoms with Gasteiger partial charge in [-0.25, -0.2) is 4.98 Å². The molecule has 2 heterocycles. The molecule has 0 N–H and O–H groups in total. The first-order valence-electron chi connectivity index (χ1n) is 12.7. The SMILES string of the molecule is CCCC#Cc1cc(Br)ccc1COc1ccc(C)cc1-c1csc(N2CCC(C(=O)OC)C(C)C2)n1. The molecule has 3 aromatic rings. The van der Waals surface area contributed by atoms with Crippen molar-refractivity contribution >= 4 is 38.4 Å². The standard InChI is InChI=1S/C30H33BrN2O3S/c1-5-6-7-8-22-16-24(31)11-10-23(22)18-36-28-12-9-20(2)15-26(28)27-19-37-30(32-27)33-14-13-25(21(3)17-33)29(34)35-4/h9-12,15-16,19,21,25H,5-6,13-14,17-18H2,1-4H3. The number of benzene rings is 2. The van der Waals surface area contributed by atoms with Gasteiger partial charge in [0, 0.05) is 46.1 Å². The van der Waals surface area contributed by atoms with Crippen LogP contribution >= 0.6 is 27.3 Å². The largest absolute Gasteiger partial charge is 0.488 e. The molecule has 0 radical (unpaired) electrons. The molecule has 1 saturated heterocycles. The van der Waals surface area contributed by atoms with Gasteiger partial charge in [-0.3, -0.25) is 4.79 Å². The summed E-state index contributed by atoms with van der Waals surface area (Å²) in [5, 5.41) is 3.06. The normalized spacial score (nSPS) is 17.2.